The van der Waals surface area contributed by atoms with Gasteiger partial charge in [0, 0.05) is 13.1 Å². The van der Waals surface area contributed by atoms with Gasteiger partial charge < -0.3 is 15.7 Å². The van der Waals surface area contributed by atoms with E-state index in [1.807, 2.05) is 30.3 Å². The summed E-state index contributed by atoms with van der Waals surface area (Å²) in [6.07, 6.45) is 2.36. The second-order valence-electron chi connectivity index (χ2n) is 6.20. The van der Waals surface area contributed by atoms with Crippen LogP contribution in [-0.2, 0) is 15.0 Å². The van der Waals surface area contributed by atoms with Crippen molar-refractivity contribution in [2.45, 2.75) is 36.6 Å². The summed E-state index contributed by atoms with van der Waals surface area (Å²) in [5.41, 5.74) is 5.21. The third-order valence-electron chi connectivity index (χ3n) is 4.85. The summed E-state index contributed by atoms with van der Waals surface area (Å²) in [5, 5.41) is 9.71. The normalized spacial score (nSPS) is 22.6. The Bertz CT molecular complexity index is 558. The number of carboxylic acids is 1. The van der Waals surface area contributed by atoms with Gasteiger partial charge in [-0.25, -0.2) is 0 Å². The first kappa shape index (κ1) is 14.1. The SMILES string of the molecule is NC1(C(=O)N2CCC(C(=O)O)(c3ccccc3)CC2)CC1. The van der Waals surface area contributed by atoms with Crippen LogP contribution in [0.25, 0.3) is 0 Å². The van der Waals surface area contributed by atoms with Gasteiger partial charge in [0.1, 0.15) is 0 Å². The van der Waals surface area contributed by atoms with E-state index in [-0.39, 0.29) is 5.91 Å². The van der Waals surface area contributed by atoms with Gasteiger partial charge in [0.25, 0.3) is 0 Å². The van der Waals surface area contributed by atoms with Gasteiger partial charge >= 0.3 is 5.97 Å². The van der Waals surface area contributed by atoms with Crippen LogP contribution in [0.5, 0.6) is 0 Å². The molecular formula is C16H20N2O3. The lowest BCUT2D eigenvalue weighted by Crippen LogP contribution is -2.53. The van der Waals surface area contributed by atoms with E-state index in [9.17, 15) is 14.7 Å². The molecule has 1 aliphatic carbocycles. The zero-order chi connectivity index (χ0) is 15.1. The van der Waals surface area contributed by atoms with E-state index in [0.29, 0.717) is 25.9 Å². The van der Waals surface area contributed by atoms with Crippen molar-refractivity contribution in [2.24, 2.45) is 5.73 Å². The molecule has 2 fully saturated rings. The van der Waals surface area contributed by atoms with Crippen LogP contribution in [0.2, 0.25) is 0 Å². The molecule has 1 aromatic rings. The number of piperidine rings is 1. The summed E-state index contributed by atoms with van der Waals surface area (Å²) in [6, 6.07) is 9.31. The average molecular weight is 288 g/mol. The van der Waals surface area contributed by atoms with Crippen LogP contribution in [0.4, 0.5) is 0 Å². The maximum Gasteiger partial charge on any atom is 0.314 e. The molecule has 0 aromatic heterocycles. The summed E-state index contributed by atoms with van der Waals surface area (Å²) < 4.78 is 0. The molecule has 3 N–H and O–H groups in total. The summed E-state index contributed by atoms with van der Waals surface area (Å²) in [4.78, 5) is 25.8. The summed E-state index contributed by atoms with van der Waals surface area (Å²) in [5.74, 6) is -0.829. The van der Waals surface area contributed by atoms with E-state index >= 15 is 0 Å². The minimum Gasteiger partial charge on any atom is -0.481 e. The zero-order valence-corrected chi connectivity index (χ0v) is 11.9. The van der Waals surface area contributed by atoms with E-state index in [4.69, 9.17) is 5.73 Å². The predicted molar refractivity (Wildman–Crippen MR) is 77.7 cm³/mol. The molecule has 2 aliphatic rings. The number of hydrogen-bond acceptors (Lipinski definition) is 3. The molecule has 0 unspecified atom stereocenters. The number of carbonyl (C=O) groups is 2. The number of nitrogens with two attached hydrogens (primary N) is 1. The highest BCUT2D eigenvalue weighted by Gasteiger charge is 2.51. The molecule has 1 saturated heterocycles. The largest absolute Gasteiger partial charge is 0.481 e. The van der Waals surface area contributed by atoms with Crippen molar-refractivity contribution in [2.75, 3.05) is 13.1 Å². The van der Waals surface area contributed by atoms with Crippen molar-refractivity contribution in [3.63, 3.8) is 0 Å². The van der Waals surface area contributed by atoms with Crippen LogP contribution in [0.1, 0.15) is 31.2 Å². The minimum atomic E-state index is -0.886. The Hall–Kier alpha value is -1.88. The molecule has 1 aromatic carbocycles. The minimum absolute atomic E-state index is 0.0189. The van der Waals surface area contributed by atoms with Crippen molar-refractivity contribution in [3.05, 3.63) is 35.9 Å². The first-order valence-electron chi connectivity index (χ1n) is 7.35. The van der Waals surface area contributed by atoms with Crippen LogP contribution in [0.15, 0.2) is 30.3 Å². The van der Waals surface area contributed by atoms with Gasteiger partial charge in [0.15, 0.2) is 0 Å². The van der Waals surface area contributed by atoms with Crippen molar-refractivity contribution in [1.82, 2.24) is 4.90 Å². The summed E-state index contributed by atoms with van der Waals surface area (Å²) in [6.45, 7) is 0.915. The number of carbonyl (C=O) groups excluding carboxylic acids is 1. The lowest BCUT2D eigenvalue weighted by atomic mass is 9.72. The van der Waals surface area contributed by atoms with Gasteiger partial charge in [0.2, 0.25) is 5.91 Å². The Morgan fingerprint density at radius 3 is 2.10 bits per heavy atom. The second kappa shape index (κ2) is 4.84. The molecule has 0 bridgehead atoms. The van der Waals surface area contributed by atoms with Gasteiger partial charge in [-0.2, -0.15) is 0 Å². The first-order valence-corrected chi connectivity index (χ1v) is 7.35. The van der Waals surface area contributed by atoms with Crippen LogP contribution < -0.4 is 5.73 Å². The van der Waals surface area contributed by atoms with Gasteiger partial charge in [-0.1, -0.05) is 30.3 Å². The number of hydrogen-bond donors (Lipinski definition) is 2. The third kappa shape index (κ3) is 2.31. The fraction of sp³-hybridized carbons (Fsp3) is 0.500. The molecule has 1 amide bonds. The Labute approximate surface area is 123 Å². The Morgan fingerprint density at radius 1 is 1.05 bits per heavy atom. The van der Waals surface area contributed by atoms with Crippen molar-refractivity contribution < 1.29 is 14.7 Å². The molecule has 0 radical (unpaired) electrons. The highest BCUT2D eigenvalue weighted by atomic mass is 16.4. The quantitative estimate of drug-likeness (QED) is 0.873. The molecule has 1 saturated carbocycles. The zero-order valence-electron chi connectivity index (χ0n) is 11.9. The van der Waals surface area contributed by atoms with E-state index in [0.717, 1.165) is 18.4 Å². The van der Waals surface area contributed by atoms with Crippen molar-refractivity contribution in [1.29, 1.82) is 0 Å². The summed E-state index contributed by atoms with van der Waals surface area (Å²) in [7, 11) is 0. The van der Waals surface area contributed by atoms with Gasteiger partial charge in [-0.05, 0) is 31.2 Å². The lowest BCUT2D eigenvalue weighted by Gasteiger charge is -2.40. The molecule has 1 aliphatic heterocycles. The summed E-state index contributed by atoms with van der Waals surface area (Å²) >= 11 is 0. The number of amides is 1. The fourth-order valence-corrected chi connectivity index (χ4v) is 3.14. The predicted octanol–water partition coefficient (Wildman–Crippen LogP) is 1.12. The van der Waals surface area contributed by atoms with Crippen LogP contribution in [-0.4, -0.2) is 40.5 Å². The van der Waals surface area contributed by atoms with Gasteiger partial charge in [0.05, 0.1) is 11.0 Å². The van der Waals surface area contributed by atoms with E-state index in [1.54, 1.807) is 4.90 Å². The Morgan fingerprint density at radius 2 is 1.62 bits per heavy atom. The number of benzene rings is 1. The van der Waals surface area contributed by atoms with Crippen LogP contribution in [0, 0.1) is 0 Å². The lowest BCUT2D eigenvalue weighted by molar-refractivity contribution is -0.148. The average Bonchev–Trinajstić information content (AvgIpc) is 3.26. The molecular weight excluding hydrogens is 268 g/mol. The van der Waals surface area contributed by atoms with E-state index < -0.39 is 16.9 Å². The molecule has 3 rings (SSSR count). The first-order chi connectivity index (χ1) is 9.98. The monoisotopic (exact) mass is 288 g/mol. The number of nitrogens with zero attached hydrogens (tertiary/aromatic N) is 1. The van der Waals surface area contributed by atoms with Crippen LogP contribution >= 0.6 is 0 Å². The standard InChI is InChI=1S/C16H20N2O3/c17-16(6-7-16)13(19)18-10-8-15(9-11-18,14(20)21)12-4-2-1-3-5-12/h1-5H,6-11,17H2,(H,20,21). The molecule has 1 heterocycles. The third-order valence-corrected chi connectivity index (χ3v) is 4.85. The Balaban J connectivity index is 1.78. The van der Waals surface area contributed by atoms with Crippen LogP contribution in [0.3, 0.4) is 0 Å². The van der Waals surface area contributed by atoms with Gasteiger partial charge in [-0.15, -0.1) is 0 Å². The maximum absolute atomic E-state index is 12.3. The highest BCUT2D eigenvalue weighted by molar-refractivity contribution is 5.89. The molecule has 0 atom stereocenters. The number of aliphatic carboxylic acids is 1. The molecule has 5 nitrogen and oxygen atoms in total. The van der Waals surface area contributed by atoms with Crippen molar-refractivity contribution >= 4 is 11.9 Å². The van der Waals surface area contributed by atoms with Gasteiger partial charge in [-0.3, -0.25) is 9.59 Å². The maximum atomic E-state index is 12.3. The second-order valence-corrected chi connectivity index (χ2v) is 6.20. The van der Waals surface area contributed by atoms with E-state index in [2.05, 4.69) is 0 Å². The Kier molecular flexibility index (Phi) is 3.24. The fourth-order valence-electron chi connectivity index (χ4n) is 3.14. The molecule has 0 spiro atoms. The number of rotatable bonds is 3. The van der Waals surface area contributed by atoms with E-state index in [1.165, 1.54) is 0 Å². The van der Waals surface area contributed by atoms with Crippen molar-refractivity contribution in [3.8, 4) is 0 Å². The topological polar surface area (TPSA) is 83.6 Å². The number of likely N-dealkylation sites (tertiary alicyclic amines) is 1. The molecule has 112 valence electrons. The number of carboxylic acid groups (broad SMARTS) is 1. The smallest absolute Gasteiger partial charge is 0.314 e. The molecule has 21 heavy (non-hydrogen) atoms. The molecule has 5 heteroatoms. The highest BCUT2D eigenvalue weighted by Crippen LogP contribution is 2.39.